The molecule has 0 aromatic carbocycles. The maximum Gasteiger partial charge on any atom is -0.00177 e. The first-order chi connectivity index (χ1) is 8.84. The van der Waals surface area contributed by atoms with Gasteiger partial charge in [0.05, 0.1) is 0 Å². The van der Waals surface area contributed by atoms with Crippen molar-refractivity contribution in [1.82, 2.24) is 5.32 Å². The van der Waals surface area contributed by atoms with Gasteiger partial charge < -0.3 is 5.32 Å². The van der Waals surface area contributed by atoms with Crippen LogP contribution in [0.25, 0.3) is 0 Å². The van der Waals surface area contributed by atoms with Gasteiger partial charge in [-0.05, 0) is 67.9 Å². The van der Waals surface area contributed by atoms with Crippen molar-refractivity contribution >= 4 is 0 Å². The first kappa shape index (κ1) is 17.0. The Hall–Kier alpha value is -0.0400. The minimum absolute atomic E-state index is 0.576. The Bertz CT molecular complexity index is 244. The molecule has 0 bridgehead atoms. The van der Waals surface area contributed by atoms with Crippen molar-refractivity contribution < 1.29 is 0 Å². The first-order valence-corrected chi connectivity index (χ1v) is 8.54. The fraction of sp³-hybridized carbons (Fsp3) is 1.00. The number of nitrogens with one attached hydrogen (secondary N) is 1. The van der Waals surface area contributed by atoms with Gasteiger partial charge in [-0.15, -0.1) is 0 Å². The molecule has 3 atom stereocenters. The van der Waals surface area contributed by atoms with Crippen molar-refractivity contribution in [3.05, 3.63) is 0 Å². The van der Waals surface area contributed by atoms with Gasteiger partial charge in [-0.3, -0.25) is 0 Å². The van der Waals surface area contributed by atoms with Crippen LogP contribution in [0, 0.1) is 29.1 Å². The van der Waals surface area contributed by atoms with E-state index < -0.39 is 0 Å². The van der Waals surface area contributed by atoms with Crippen LogP contribution in [0.4, 0.5) is 0 Å². The van der Waals surface area contributed by atoms with Gasteiger partial charge in [0.25, 0.3) is 0 Å². The van der Waals surface area contributed by atoms with E-state index in [1.807, 2.05) is 0 Å². The van der Waals surface area contributed by atoms with Gasteiger partial charge in [0, 0.05) is 0 Å². The summed E-state index contributed by atoms with van der Waals surface area (Å²) >= 11 is 0. The van der Waals surface area contributed by atoms with Crippen LogP contribution in [0.5, 0.6) is 0 Å². The summed E-state index contributed by atoms with van der Waals surface area (Å²) in [5.74, 6) is 3.53. The van der Waals surface area contributed by atoms with Crippen molar-refractivity contribution in [2.45, 2.75) is 73.6 Å². The largest absolute Gasteiger partial charge is 0.316 e. The smallest absolute Gasteiger partial charge is 0.00177 e. The third-order valence-corrected chi connectivity index (χ3v) is 5.03. The zero-order chi connectivity index (χ0) is 14.5. The van der Waals surface area contributed by atoms with Crippen molar-refractivity contribution in [2.75, 3.05) is 13.1 Å². The SMILES string of the molecule is CCC(C)CC1CC(C)(C)CCC1CNCC(C)C. The molecule has 1 rings (SSSR count). The van der Waals surface area contributed by atoms with E-state index in [0.717, 1.165) is 23.7 Å². The minimum Gasteiger partial charge on any atom is -0.316 e. The highest BCUT2D eigenvalue weighted by Crippen LogP contribution is 2.44. The average molecular weight is 268 g/mol. The molecule has 0 heterocycles. The van der Waals surface area contributed by atoms with Crippen LogP contribution in [0.2, 0.25) is 0 Å². The van der Waals surface area contributed by atoms with Crippen molar-refractivity contribution in [1.29, 1.82) is 0 Å². The lowest BCUT2D eigenvalue weighted by Crippen LogP contribution is -2.37. The standard InChI is InChI=1S/C18H37N/c1-7-15(4)10-17-11-18(5,6)9-8-16(17)13-19-12-14(2)3/h14-17,19H,7-13H2,1-6H3. The molecule has 1 aliphatic carbocycles. The fourth-order valence-corrected chi connectivity index (χ4v) is 3.58. The van der Waals surface area contributed by atoms with E-state index in [4.69, 9.17) is 0 Å². The van der Waals surface area contributed by atoms with Crippen LogP contribution < -0.4 is 5.32 Å². The lowest BCUT2D eigenvalue weighted by molar-refractivity contribution is 0.0977. The molecule has 19 heavy (non-hydrogen) atoms. The predicted octanol–water partition coefficient (Wildman–Crippen LogP) is 5.11. The Labute approximate surface area is 121 Å². The summed E-state index contributed by atoms with van der Waals surface area (Å²) < 4.78 is 0. The maximum atomic E-state index is 3.70. The second kappa shape index (κ2) is 7.67. The van der Waals surface area contributed by atoms with Crippen LogP contribution in [0.3, 0.4) is 0 Å². The normalized spacial score (nSPS) is 28.6. The van der Waals surface area contributed by atoms with Crippen molar-refractivity contribution in [3.63, 3.8) is 0 Å². The molecule has 3 unspecified atom stereocenters. The Balaban J connectivity index is 2.50. The summed E-state index contributed by atoms with van der Waals surface area (Å²) in [6, 6.07) is 0. The summed E-state index contributed by atoms with van der Waals surface area (Å²) in [5, 5.41) is 3.70. The molecule has 1 aliphatic rings. The second-order valence-corrected chi connectivity index (χ2v) is 8.23. The topological polar surface area (TPSA) is 12.0 Å². The van der Waals surface area contributed by atoms with E-state index in [-0.39, 0.29) is 0 Å². The van der Waals surface area contributed by atoms with E-state index in [1.54, 1.807) is 0 Å². The Morgan fingerprint density at radius 2 is 1.84 bits per heavy atom. The summed E-state index contributed by atoms with van der Waals surface area (Å²) in [6.07, 6.45) is 7.06. The van der Waals surface area contributed by atoms with Crippen LogP contribution in [0.1, 0.15) is 73.6 Å². The molecule has 0 amide bonds. The van der Waals surface area contributed by atoms with Crippen LogP contribution in [0.15, 0.2) is 0 Å². The lowest BCUT2D eigenvalue weighted by atomic mass is 9.65. The highest BCUT2D eigenvalue weighted by Gasteiger charge is 2.34. The Morgan fingerprint density at radius 3 is 2.42 bits per heavy atom. The molecular weight excluding hydrogens is 230 g/mol. The highest BCUT2D eigenvalue weighted by molar-refractivity contribution is 4.86. The zero-order valence-electron chi connectivity index (χ0n) is 14.3. The molecule has 1 N–H and O–H groups in total. The summed E-state index contributed by atoms with van der Waals surface area (Å²) in [5.41, 5.74) is 0.576. The third-order valence-electron chi connectivity index (χ3n) is 5.03. The summed E-state index contributed by atoms with van der Waals surface area (Å²) in [7, 11) is 0. The number of hydrogen-bond acceptors (Lipinski definition) is 1. The van der Waals surface area contributed by atoms with Crippen LogP contribution >= 0.6 is 0 Å². The molecule has 0 aromatic heterocycles. The van der Waals surface area contributed by atoms with E-state index >= 15 is 0 Å². The highest BCUT2D eigenvalue weighted by atomic mass is 14.9. The van der Waals surface area contributed by atoms with Gasteiger partial charge in [-0.1, -0.05) is 48.0 Å². The Morgan fingerprint density at radius 1 is 1.16 bits per heavy atom. The molecule has 1 nitrogen and oxygen atoms in total. The van der Waals surface area contributed by atoms with Crippen LogP contribution in [-0.2, 0) is 0 Å². The van der Waals surface area contributed by atoms with E-state index in [1.165, 1.54) is 45.2 Å². The molecule has 0 radical (unpaired) electrons. The summed E-state index contributed by atoms with van der Waals surface area (Å²) in [4.78, 5) is 0. The minimum atomic E-state index is 0.576. The molecule has 1 saturated carbocycles. The maximum absolute atomic E-state index is 3.70. The van der Waals surface area contributed by atoms with Crippen molar-refractivity contribution in [3.8, 4) is 0 Å². The van der Waals surface area contributed by atoms with E-state index in [9.17, 15) is 0 Å². The molecule has 1 heteroatoms. The molecule has 0 aromatic rings. The van der Waals surface area contributed by atoms with Gasteiger partial charge in [-0.2, -0.15) is 0 Å². The zero-order valence-corrected chi connectivity index (χ0v) is 14.3. The predicted molar refractivity (Wildman–Crippen MR) is 86.4 cm³/mol. The summed E-state index contributed by atoms with van der Waals surface area (Å²) in [6.45, 7) is 16.7. The lowest BCUT2D eigenvalue weighted by Gasteiger charge is -2.42. The van der Waals surface area contributed by atoms with Crippen LogP contribution in [-0.4, -0.2) is 13.1 Å². The molecule has 0 aliphatic heterocycles. The Kier molecular flexibility index (Phi) is 6.86. The van der Waals surface area contributed by atoms with Gasteiger partial charge in [0.15, 0.2) is 0 Å². The first-order valence-electron chi connectivity index (χ1n) is 8.54. The quantitative estimate of drug-likeness (QED) is 0.676. The average Bonchev–Trinajstić information content (AvgIpc) is 2.30. The van der Waals surface area contributed by atoms with Gasteiger partial charge in [0.2, 0.25) is 0 Å². The molecular formula is C18H37N. The monoisotopic (exact) mass is 267 g/mol. The fourth-order valence-electron chi connectivity index (χ4n) is 3.58. The third kappa shape index (κ3) is 6.29. The van der Waals surface area contributed by atoms with E-state index in [0.29, 0.717) is 5.41 Å². The van der Waals surface area contributed by atoms with Gasteiger partial charge in [0.1, 0.15) is 0 Å². The number of rotatable bonds is 7. The van der Waals surface area contributed by atoms with Crippen molar-refractivity contribution in [2.24, 2.45) is 29.1 Å². The molecule has 1 fully saturated rings. The van der Waals surface area contributed by atoms with E-state index in [2.05, 4.69) is 46.9 Å². The molecule has 114 valence electrons. The second-order valence-electron chi connectivity index (χ2n) is 8.23. The van der Waals surface area contributed by atoms with Gasteiger partial charge >= 0.3 is 0 Å². The number of hydrogen-bond donors (Lipinski definition) is 1. The molecule has 0 spiro atoms. The molecule has 0 saturated heterocycles. The van der Waals surface area contributed by atoms with Gasteiger partial charge in [-0.25, -0.2) is 0 Å².